The van der Waals surface area contributed by atoms with E-state index in [1.54, 1.807) is 29.2 Å². The van der Waals surface area contributed by atoms with E-state index in [0.29, 0.717) is 17.4 Å². The molecule has 2 aromatic rings. The van der Waals surface area contributed by atoms with E-state index >= 15 is 0 Å². The number of nitrogens with zero attached hydrogens (tertiary/aromatic N) is 1. The summed E-state index contributed by atoms with van der Waals surface area (Å²) in [5.41, 5.74) is 0.360. The maximum atomic E-state index is 12.3. The number of hydrogen-bond donors (Lipinski definition) is 1. The first kappa shape index (κ1) is 16.2. The Bertz CT molecular complexity index is 827. The number of rotatable bonds is 3. The molecule has 1 aliphatic heterocycles. The number of likely N-dealkylation sites (tertiary alicyclic amines) is 1. The predicted molar refractivity (Wildman–Crippen MR) is 89.9 cm³/mol. The lowest BCUT2D eigenvalue weighted by molar-refractivity contribution is -0.137. The highest BCUT2D eigenvalue weighted by atomic mass is 16.5. The van der Waals surface area contributed by atoms with E-state index in [1.165, 1.54) is 6.07 Å². The van der Waals surface area contributed by atoms with Crippen LogP contribution in [0.5, 0.6) is 0 Å². The van der Waals surface area contributed by atoms with E-state index < -0.39 is 5.97 Å². The summed E-state index contributed by atoms with van der Waals surface area (Å²) in [7, 11) is 0. The number of aromatic nitrogens is 1. The van der Waals surface area contributed by atoms with Gasteiger partial charge in [0.05, 0.1) is 5.56 Å². The number of piperidine rings is 1. The third kappa shape index (κ3) is 3.32. The third-order valence-corrected chi connectivity index (χ3v) is 4.42. The number of H-pyrrole nitrogens is 1. The number of carbonyl (C=O) groups is 2. The van der Waals surface area contributed by atoms with Gasteiger partial charge < -0.3 is 14.6 Å². The third-order valence-electron chi connectivity index (χ3n) is 4.42. The van der Waals surface area contributed by atoms with Gasteiger partial charge in [-0.1, -0.05) is 18.2 Å². The lowest BCUT2D eigenvalue weighted by atomic mass is 10.0. The normalized spacial score (nSPS) is 17.7. The van der Waals surface area contributed by atoms with Gasteiger partial charge in [0.15, 0.2) is 6.61 Å². The Balaban J connectivity index is 1.74. The Morgan fingerprint density at radius 1 is 1.29 bits per heavy atom. The molecule has 1 atom stereocenters. The molecule has 24 heavy (non-hydrogen) atoms. The molecule has 126 valence electrons. The topological polar surface area (TPSA) is 79.5 Å². The second-order valence-electron chi connectivity index (χ2n) is 6.10. The molecule has 1 aliphatic rings. The molecule has 1 fully saturated rings. The van der Waals surface area contributed by atoms with Gasteiger partial charge in [-0.2, -0.15) is 0 Å². The van der Waals surface area contributed by atoms with Crippen molar-refractivity contribution >= 4 is 22.8 Å². The van der Waals surface area contributed by atoms with Crippen molar-refractivity contribution in [3.8, 4) is 0 Å². The molecule has 0 bridgehead atoms. The molecular weight excluding hydrogens is 308 g/mol. The van der Waals surface area contributed by atoms with Crippen molar-refractivity contribution in [3.63, 3.8) is 0 Å². The van der Waals surface area contributed by atoms with Crippen LogP contribution in [-0.4, -0.2) is 41.0 Å². The highest BCUT2D eigenvalue weighted by Crippen LogP contribution is 2.18. The van der Waals surface area contributed by atoms with E-state index in [0.717, 1.165) is 19.3 Å². The fraction of sp³-hybridized carbons (Fsp3) is 0.389. The summed E-state index contributed by atoms with van der Waals surface area (Å²) < 4.78 is 5.17. The number of nitrogens with one attached hydrogen (secondary N) is 1. The van der Waals surface area contributed by atoms with Crippen LogP contribution in [0.3, 0.4) is 0 Å². The number of esters is 1. The Hall–Kier alpha value is -2.63. The lowest BCUT2D eigenvalue weighted by Crippen LogP contribution is -2.44. The Morgan fingerprint density at radius 2 is 2.08 bits per heavy atom. The second-order valence-corrected chi connectivity index (χ2v) is 6.10. The molecule has 1 amide bonds. The minimum absolute atomic E-state index is 0.172. The average Bonchev–Trinajstić information content (AvgIpc) is 2.59. The van der Waals surface area contributed by atoms with Crippen molar-refractivity contribution in [1.29, 1.82) is 0 Å². The molecule has 2 heterocycles. The zero-order valence-corrected chi connectivity index (χ0v) is 13.6. The SMILES string of the molecule is CC1CCCCN1C(=O)COC(=O)c1cc(=O)[nH]c2ccccc12. The predicted octanol–water partition coefficient (Wildman–Crippen LogP) is 2.09. The van der Waals surface area contributed by atoms with E-state index in [4.69, 9.17) is 4.74 Å². The second kappa shape index (κ2) is 6.86. The number of benzene rings is 1. The largest absolute Gasteiger partial charge is 0.452 e. The fourth-order valence-corrected chi connectivity index (χ4v) is 3.13. The zero-order valence-electron chi connectivity index (χ0n) is 13.6. The van der Waals surface area contributed by atoms with Crippen LogP contribution < -0.4 is 5.56 Å². The highest BCUT2D eigenvalue weighted by molar-refractivity contribution is 6.03. The van der Waals surface area contributed by atoms with Crippen molar-refractivity contribution in [2.24, 2.45) is 0 Å². The van der Waals surface area contributed by atoms with Crippen molar-refractivity contribution in [1.82, 2.24) is 9.88 Å². The van der Waals surface area contributed by atoms with Crippen molar-refractivity contribution in [2.75, 3.05) is 13.2 Å². The number of hydrogen-bond acceptors (Lipinski definition) is 4. The molecule has 6 heteroatoms. The van der Waals surface area contributed by atoms with Gasteiger partial charge in [-0.25, -0.2) is 4.79 Å². The first-order valence-corrected chi connectivity index (χ1v) is 8.15. The van der Waals surface area contributed by atoms with E-state index in [9.17, 15) is 14.4 Å². The van der Waals surface area contributed by atoms with Crippen LogP contribution in [0, 0.1) is 0 Å². The Labute approximate surface area is 139 Å². The monoisotopic (exact) mass is 328 g/mol. The number of ether oxygens (including phenoxy) is 1. The lowest BCUT2D eigenvalue weighted by Gasteiger charge is -2.33. The molecule has 1 saturated heterocycles. The Kier molecular flexibility index (Phi) is 4.64. The van der Waals surface area contributed by atoms with Crippen LogP contribution in [0.4, 0.5) is 0 Å². The first-order chi connectivity index (χ1) is 11.6. The van der Waals surface area contributed by atoms with Crippen molar-refractivity contribution in [2.45, 2.75) is 32.2 Å². The van der Waals surface area contributed by atoms with Crippen molar-refractivity contribution < 1.29 is 14.3 Å². The number of amides is 1. The highest BCUT2D eigenvalue weighted by Gasteiger charge is 2.24. The van der Waals surface area contributed by atoms with Gasteiger partial charge in [0.25, 0.3) is 5.91 Å². The molecular formula is C18H20N2O4. The zero-order chi connectivity index (χ0) is 17.1. The van der Waals surface area contributed by atoms with Crippen LogP contribution in [0.25, 0.3) is 10.9 Å². The standard InChI is InChI=1S/C18H20N2O4/c1-12-6-4-5-9-20(12)17(22)11-24-18(23)14-10-16(21)19-15-8-3-2-7-13(14)15/h2-3,7-8,10,12H,4-6,9,11H2,1H3,(H,19,21). The van der Waals surface area contributed by atoms with Crippen LogP contribution in [-0.2, 0) is 9.53 Å². The molecule has 1 aromatic carbocycles. The van der Waals surface area contributed by atoms with Gasteiger partial charge in [0.2, 0.25) is 5.56 Å². The summed E-state index contributed by atoms with van der Waals surface area (Å²) in [6, 6.07) is 8.38. The minimum atomic E-state index is -0.657. The molecule has 3 rings (SSSR count). The molecule has 0 aliphatic carbocycles. The summed E-state index contributed by atoms with van der Waals surface area (Å²) in [4.78, 5) is 40.7. The number of carbonyl (C=O) groups excluding carboxylic acids is 2. The smallest absolute Gasteiger partial charge is 0.339 e. The Morgan fingerprint density at radius 3 is 2.88 bits per heavy atom. The van der Waals surface area contributed by atoms with Crippen molar-refractivity contribution in [3.05, 3.63) is 46.2 Å². The number of pyridine rings is 1. The van der Waals surface area contributed by atoms with E-state index in [-0.39, 0.29) is 29.7 Å². The van der Waals surface area contributed by atoms with Crippen LogP contribution in [0.2, 0.25) is 0 Å². The van der Waals surface area contributed by atoms with E-state index in [2.05, 4.69) is 4.98 Å². The number of fused-ring (bicyclic) bond motifs is 1. The minimum Gasteiger partial charge on any atom is -0.452 e. The van der Waals surface area contributed by atoms with E-state index in [1.807, 2.05) is 6.92 Å². The molecule has 6 nitrogen and oxygen atoms in total. The van der Waals surface area contributed by atoms with Gasteiger partial charge in [-0.3, -0.25) is 9.59 Å². The molecule has 1 unspecified atom stereocenters. The van der Waals surface area contributed by atoms with Crippen LogP contribution in [0.1, 0.15) is 36.5 Å². The molecule has 1 aromatic heterocycles. The number of para-hydroxylation sites is 1. The molecule has 0 saturated carbocycles. The summed E-state index contributed by atoms with van der Waals surface area (Å²) in [6.45, 7) is 2.40. The van der Waals surface area contributed by atoms with Gasteiger partial charge in [-0.05, 0) is 32.3 Å². The van der Waals surface area contributed by atoms with Gasteiger partial charge in [0.1, 0.15) is 0 Å². The summed E-state index contributed by atoms with van der Waals surface area (Å²) in [6.07, 6.45) is 3.06. The molecule has 1 N–H and O–H groups in total. The quantitative estimate of drug-likeness (QED) is 0.875. The number of aromatic amines is 1. The summed E-state index contributed by atoms with van der Waals surface area (Å²) in [5, 5.41) is 0.598. The van der Waals surface area contributed by atoms with Crippen LogP contribution >= 0.6 is 0 Å². The summed E-state index contributed by atoms with van der Waals surface area (Å²) in [5.74, 6) is -0.847. The summed E-state index contributed by atoms with van der Waals surface area (Å²) >= 11 is 0. The van der Waals surface area contributed by atoms with Gasteiger partial charge in [-0.15, -0.1) is 0 Å². The first-order valence-electron chi connectivity index (χ1n) is 8.15. The van der Waals surface area contributed by atoms with Gasteiger partial charge in [0, 0.05) is 29.6 Å². The fourth-order valence-electron chi connectivity index (χ4n) is 3.13. The molecule has 0 spiro atoms. The van der Waals surface area contributed by atoms with Gasteiger partial charge >= 0.3 is 5.97 Å². The average molecular weight is 328 g/mol. The maximum absolute atomic E-state index is 12.3. The maximum Gasteiger partial charge on any atom is 0.339 e. The van der Waals surface area contributed by atoms with Crippen LogP contribution in [0.15, 0.2) is 35.1 Å². The molecule has 0 radical (unpaired) electrons.